The van der Waals surface area contributed by atoms with E-state index < -0.39 is 12.2 Å². The zero-order valence-corrected chi connectivity index (χ0v) is 47.0. The van der Waals surface area contributed by atoms with Crippen molar-refractivity contribution < 1.29 is 24.9 Å². The summed E-state index contributed by atoms with van der Waals surface area (Å²) in [5.74, 6) is 1.55. The van der Waals surface area contributed by atoms with Gasteiger partial charge in [-0.15, -0.1) is 0 Å². The van der Waals surface area contributed by atoms with E-state index in [0.29, 0.717) is 18.6 Å². The molecule has 7 aromatic rings. The van der Waals surface area contributed by atoms with Gasteiger partial charge in [0, 0.05) is 50.7 Å². The number of nitrogens with zero attached hydrogens (tertiary/aromatic N) is 2. The quantitative estimate of drug-likeness (QED) is 0.0715. The molecule has 9 heteroatoms. The highest BCUT2D eigenvalue weighted by molar-refractivity contribution is 6.00. The van der Waals surface area contributed by atoms with E-state index in [0.717, 1.165) is 128 Å². The maximum absolute atomic E-state index is 13.8. The molecule has 4 aromatic carbocycles. The third-order valence-electron chi connectivity index (χ3n) is 20.5. The maximum atomic E-state index is 13.8. The number of rotatable bonds is 9. The van der Waals surface area contributed by atoms with Gasteiger partial charge in [0.05, 0.1) is 41.1 Å². The molecule has 4 saturated carbocycles. The van der Waals surface area contributed by atoms with Gasteiger partial charge in [0.15, 0.2) is 0 Å². The molecule has 4 fully saturated rings. The zero-order chi connectivity index (χ0) is 55.2. The Bertz CT molecular complexity index is 3610. The first-order chi connectivity index (χ1) is 38.6. The summed E-state index contributed by atoms with van der Waals surface area (Å²) in [6, 6.07) is 42.3. The fraction of sp³-hybridized carbons (Fsp3) is 0.366. The molecule has 9 nitrogen and oxygen atoms in total. The van der Waals surface area contributed by atoms with E-state index in [1.807, 2.05) is 24.3 Å². The number of aryl methyl sites for hydroxylation is 3. The first-order valence-corrected chi connectivity index (χ1v) is 29.4. The van der Waals surface area contributed by atoms with Crippen LogP contribution in [-0.2, 0) is 4.79 Å². The van der Waals surface area contributed by atoms with Crippen LogP contribution in [0.5, 0.6) is 5.75 Å². The number of carbonyl (C=O) groups is 1. The van der Waals surface area contributed by atoms with Crippen LogP contribution in [0.1, 0.15) is 118 Å². The number of H-pyrrole nitrogens is 2. The average Bonchev–Trinajstić information content (AvgIpc) is 4.42. The Hall–Kier alpha value is -7.17. The van der Waals surface area contributed by atoms with Crippen LogP contribution in [0.25, 0.3) is 90.9 Å². The Morgan fingerprint density at radius 1 is 0.575 bits per heavy atom. The third kappa shape index (κ3) is 9.10. The number of ether oxygens (including phenoxy) is 1. The normalized spacial score (nSPS) is 27.1. The summed E-state index contributed by atoms with van der Waals surface area (Å²) < 4.78 is 6.12. The minimum absolute atomic E-state index is 0.0283. The molecule has 0 saturated heterocycles. The molecule has 0 amide bonds. The molecule has 11 atom stereocenters. The summed E-state index contributed by atoms with van der Waals surface area (Å²) in [5.41, 5.74) is 18.2. The molecule has 3 aromatic heterocycles. The topological polar surface area (TPSA) is 144 Å². The maximum Gasteiger partial charge on any atom is 0.311 e. The molecule has 0 unspecified atom stereocenters. The third-order valence-corrected chi connectivity index (χ3v) is 20.5. The SMILES string of the molecule is Cc1ccc(-c2c3nc(c(-c4ccc(C)cc4)c4ccc([nH]4)c(-c4ccc(OC(=O)CC[C@@H](C)[C@H]5CC[C@H]6[C@@H]7[C@H](O)C[C@@H]8C[C@H](O)CC[C@]8(C)[C@H]7C[C@H](O)[C@]56C)cc4)c4ccc([nH]4)c(-c4ccc(C)cc4)c4nc2C=C4)C=C3)cc1. The van der Waals surface area contributed by atoms with E-state index in [2.05, 4.69) is 173 Å². The van der Waals surface area contributed by atoms with Gasteiger partial charge in [-0.2, -0.15) is 0 Å². The lowest BCUT2D eigenvalue weighted by molar-refractivity contribution is -0.207. The van der Waals surface area contributed by atoms with Crippen molar-refractivity contribution in [2.75, 3.05) is 0 Å². The van der Waals surface area contributed by atoms with Gasteiger partial charge in [0.25, 0.3) is 0 Å². The second-order valence-electron chi connectivity index (χ2n) is 25.1. The van der Waals surface area contributed by atoms with Crippen LogP contribution in [0.4, 0.5) is 0 Å². The van der Waals surface area contributed by atoms with Crippen LogP contribution < -0.4 is 4.74 Å². The summed E-state index contributed by atoms with van der Waals surface area (Å²) >= 11 is 0. The lowest BCUT2D eigenvalue weighted by Crippen LogP contribution is -2.62. The number of carbonyl (C=O) groups excluding carboxylic acids is 1. The molecular weight excluding hydrogens is 989 g/mol. The number of nitrogens with one attached hydrogen (secondary N) is 2. The van der Waals surface area contributed by atoms with Crippen molar-refractivity contribution in [2.45, 2.75) is 118 Å². The van der Waals surface area contributed by atoms with E-state index in [9.17, 15) is 20.1 Å². The number of aliphatic hydroxyl groups is 3. The van der Waals surface area contributed by atoms with Crippen molar-refractivity contribution in [3.8, 4) is 50.3 Å². The van der Waals surface area contributed by atoms with Crippen LogP contribution in [-0.4, -0.2) is 59.5 Å². The molecule has 2 aliphatic heterocycles. The molecule has 5 heterocycles. The number of esters is 1. The summed E-state index contributed by atoms with van der Waals surface area (Å²) in [7, 11) is 0. The van der Waals surface area contributed by atoms with Crippen molar-refractivity contribution >= 4 is 52.3 Å². The summed E-state index contributed by atoms with van der Waals surface area (Å²) in [5, 5.41) is 34.6. The van der Waals surface area contributed by atoms with Gasteiger partial charge in [0.1, 0.15) is 5.75 Å². The highest BCUT2D eigenvalue weighted by Gasteiger charge is 2.65. The van der Waals surface area contributed by atoms with Gasteiger partial charge >= 0.3 is 5.97 Å². The van der Waals surface area contributed by atoms with Crippen molar-refractivity contribution in [1.29, 1.82) is 0 Å². The smallest absolute Gasteiger partial charge is 0.311 e. The van der Waals surface area contributed by atoms with Gasteiger partial charge in [0.2, 0.25) is 0 Å². The number of hydrogen-bond acceptors (Lipinski definition) is 7. The van der Waals surface area contributed by atoms with Crippen LogP contribution in [0.2, 0.25) is 0 Å². The molecule has 408 valence electrons. The van der Waals surface area contributed by atoms with Gasteiger partial charge in [-0.25, -0.2) is 9.97 Å². The number of fused-ring (bicyclic) bond motifs is 13. The minimum atomic E-state index is -0.472. The van der Waals surface area contributed by atoms with E-state index in [1.54, 1.807) is 0 Å². The predicted molar refractivity (Wildman–Crippen MR) is 323 cm³/mol. The Balaban J connectivity index is 0.839. The van der Waals surface area contributed by atoms with Crippen molar-refractivity contribution in [1.82, 2.24) is 19.9 Å². The number of aromatic nitrogens is 4. The fourth-order valence-electron chi connectivity index (χ4n) is 16.1. The van der Waals surface area contributed by atoms with E-state index in [4.69, 9.17) is 14.7 Å². The predicted octanol–water partition coefficient (Wildman–Crippen LogP) is 15.5. The largest absolute Gasteiger partial charge is 0.427 e. The number of aromatic amines is 2. The van der Waals surface area contributed by atoms with Crippen LogP contribution in [0, 0.1) is 67.1 Å². The molecule has 0 radical (unpaired) electrons. The Labute approximate surface area is 470 Å². The standard InChI is InChI=1S/C71H74N4O5/c1-40-7-14-44(15-8-40)65-54-26-28-56(72-54)66(45-16-9-41(2)10-17-45)58-30-32-60(74-58)68(61-33-31-59(75-61)67(57-29-27-55(65)73-57)46-18-11-42(3)12-19-46)47-20-22-50(23-21-47)80-64(79)34-13-43(4)51-24-25-52-69-53(39-63(78)71(51,52)6)70(5)36-35-49(76)37-48(70)38-62(69)77/h7-12,14-23,26-33,43,48-49,51-53,62-63,69,74-78H,13,24-25,34-39H2,1-6H3/t43-,48+,49-,51-,52+,53+,62-,63+,69+,70+,71-/m1/s1. The van der Waals surface area contributed by atoms with Gasteiger partial charge in [-0.3, -0.25) is 4.79 Å². The molecule has 0 spiro atoms. The molecule has 13 rings (SSSR count). The first-order valence-electron chi connectivity index (χ1n) is 29.4. The van der Waals surface area contributed by atoms with Crippen LogP contribution >= 0.6 is 0 Å². The Kier molecular flexibility index (Phi) is 13.3. The number of hydrogen-bond donors (Lipinski definition) is 5. The Morgan fingerprint density at radius 2 is 1.04 bits per heavy atom. The highest BCUT2D eigenvalue weighted by atomic mass is 16.5. The Morgan fingerprint density at radius 3 is 1.56 bits per heavy atom. The van der Waals surface area contributed by atoms with Crippen LogP contribution in [0.15, 0.2) is 121 Å². The summed E-state index contributed by atoms with van der Waals surface area (Å²) in [6.07, 6.45) is 14.1. The first kappa shape index (κ1) is 52.2. The van der Waals surface area contributed by atoms with Crippen molar-refractivity contribution in [2.24, 2.45) is 46.3 Å². The van der Waals surface area contributed by atoms with E-state index >= 15 is 0 Å². The van der Waals surface area contributed by atoms with E-state index in [1.165, 1.54) is 16.7 Å². The van der Waals surface area contributed by atoms with Gasteiger partial charge in [-0.1, -0.05) is 122 Å². The summed E-state index contributed by atoms with van der Waals surface area (Å²) in [4.78, 5) is 32.5. The highest BCUT2D eigenvalue weighted by Crippen LogP contribution is 2.68. The molecule has 4 aliphatic carbocycles. The fourth-order valence-corrected chi connectivity index (χ4v) is 16.1. The molecule has 6 aliphatic rings. The molecular formula is C71H74N4O5. The minimum Gasteiger partial charge on any atom is -0.427 e. The van der Waals surface area contributed by atoms with Crippen molar-refractivity contribution in [3.05, 3.63) is 161 Å². The van der Waals surface area contributed by atoms with Gasteiger partial charge in [-0.05, 0) is 201 Å². The second-order valence-corrected chi connectivity index (χ2v) is 25.1. The van der Waals surface area contributed by atoms with Crippen molar-refractivity contribution in [3.63, 3.8) is 0 Å². The lowest BCUT2D eigenvalue weighted by atomic mass is 9.43. The van der Waals surface area contributed by atoms with Gasteiger partial charge < -0.3 is 30.0 Å². The average molecular weight is 1060 g/mol. The second kappa shape index (κ2) is 20.4. The number of benzene rings is 4. The molecule has 5 N–H and O–H groups in total. The van der Waals surface area contributed by atoms with E-state index in [-0.39, 0.29) is 64.8 Å². The molecule has 8 bridgehead atoms. The number of aliphatic hydroxyl groups excluding tert-OH is 3. The molecule has 80 heavy (non-hydrogen) atoms. The zero-order valence-electron chi connectivity index (χ0n) is 47.0. The monoisotopic (exact) mass is 1060 g/mol. The summed E-state index contributed by atoms with van der Waals surface area (Å²) in [6.45, 7) is 13.2. The lowest BCUT2D eigenvalue weighted by Gasteiger charge is -2.63. The van der Waals surface area contributed by atoms with Crippen LogP contribution in [0.3, 0.4) is 0 Å².